The minimum absolute atomic E-state index is 0.205. The van der Waals surface area contributed by atoms with Crippen LogP contribution in [0.25, 0.3) is 0 Å². The fraction of sp³-hybridized carbons (Fsp3) is 0.286. The number of carbonyl (C=O) groups excluding carboxylic acids is 1. The molecule has 100 valence electrons. The van der Waals surface area contributed by atoms with Crippen molar-refractivity contribution in [2.45, 2.75) is 26.2 Å². The second kappa shape index (κ2) is 4.78. The fourth-order valence-electron chi connectivity index (χ4n) is 2.34. The lowest BCUT2D eigenvalue weighted by atomic mass is 10.1. The quantitative estimate of drug-likeness (QED) is 0.899. The van der Waals surface area contributed by atoms with Gasteiger partial charge in [0.1, 0.15) is 11.8 Å². The van der Waals surface area contributed by atoms with Crippen LogP contribution in [0.5, 0.6) is 0 Å². The summed E-state index contributed by atoms with van der Waals surface area (Å²) in [6.07, 6.45) is 4.07. The summed E-state index contributed by atoms with van der Waals surface area (Å²) in [6, 6.07) is 3.88. The summed E-state index contributed by atoms with van der Waals surface area (Å²) in [6.45, 7) is 1.66. The molecule has 2 aromatic heterocycles. The number of aryl methyl sites for hydroxylation is 3. The van der Waals surface area contributed by atoms with E-state index in [1.807, 2.05) is 0 Å². The molecule has 6 nitrogen and oxygen atoms in total. The maximum atomic E-state index is 12.1. The van der Waals surface area contributed by atoms with Crippen molar-refractivity contribution < 1.29 is 9.21 Å². The molecule has 1 N–H and O–H groups in total. The molecule has 1 aliphatic rings. The summed E-state index contributed by atoms with van der Waals surface area (Å²) >= 11 is 0. The first-order valence-electron chi connectivity index (χ1n) is 6.33. The Morgan fingerprint density at radius 2 is 2.35 bits per heavy atom. The highest BCUT2D eigenvalue weighted by Gasteiger charge is 2.20. The van der Waals surface area contributed by atoms with Gasteiger partial charge in [-0.25, -0.2) is 9.97 Å². The van der Waals surface area contributed by atoms with E-state index in [9.17, 15) is 10.1 Å². The lowest BCUT2D eigenvalue weighted by Gasteiger charge is -2.07. The minimum Gasteiger partial charge on any atom is -0.448 e. The Hall–Kier alpha value is -2.68. The molecule has 0 bridgehead atoms. The summed E-state index contributed by atoms with van der Waals surface area (Å²) in [5.74, 6) is 0.306. The number of nitriles is 1. The Bertz CT molecular complexity index is 727. The number of pyridine rings is 1. The molecule has 0 aromatic carbocycles. The molecule has 0 spiro atoms. The number of amides is 1. The molecule has 0 saturated carbocycles. The van der Waals surface area contributed by atoms with Crippen LogP contribution in [0.2, 0.25) is 0 Å². The molecule has 0 unspecified atom stereocenters. The van der Waals surface area contributed by atoms with Crippen molar-refractivity contribution >= 4 is 11.7 Å². The van der Waals surface area contributed by atoms with Crippen LogP contribution in [-0.4, -0.2) is 15.9 Å². The number of fused-ring (bicyclic) bond motifs is 1. The van der Waals surface area contributed by atoms with E-state index in [1.54, 1.807) is 13.0 Å². The van der Waals surface area contributed by atoms with E-state index in [-0.39, 0.29) is 5.69 Å². The van der Waals surface area contributed by atoms with E-state index >= 15 is 0 Å². The van der Waals surface area contributed by atoms with Crippen LogP contribution in [0.4, 0.5) is 5.82 Å². The molecule has 0 atom stereocenters. The number of oxazole rings is 1. The first-order chi connectivity index (χ1) is 9.69. The number of rotatable bonds is 2. The van der Waals surface area contributed by atoms with Crippen molar-refractivity contribution in [1.82, 2.24) is 9.97 Å². The summed E-state index contributed by atoms with van der Waals surface area (Å²) in [4.78, 5) is 20.3. The summed E-state index contributed by atoms with van der Waals surface area (Å²) in [5.41, 5.74) is 2.63. The van der Waals surface area contributed by atoms with Crippen LogP contribution in [0.1, 0.15) is 39.5 Å². The van der Waals surface area contributed by atoms with Crippen LogP contribution in [0.3, 0.4) is 0 Å². The third-order valence-electron chi connectivity index (χ3n) is 3.36. The van der Waals surface area contributed by atoms with Gasteiger partial charge in [-0.3, -0.25) is 4.79 Å². The van der Waals surface area contributed by atoms with Crippen LogP contribution < -0.4 is 5.32 Å². The third kappa shape index (κ3) is 2.03. The number of carbonyl (C=O) groups is 1. The molecule has 0 fully saturated rings. The largest absolute Gasteiger partial charge is 0.448 e. The zero-order chi connectivity index (χ0) is 14.1. The number of nitrogens with zero attached hydrogens (tertiary/aromatic N) is 3. The van der Waals surface area contributed by atoms with Gasteiger partial charge >= 0.3 is 0 Å². The Morgan fingerprint density at radius 3 is 3.05 bits per heavy atom. The van der Waals surface area contributed by atoms with Gasteiger partial charge in [-0.15, -0.1) is 0 Å². The van der Waals surface area contributed by atoms with Gasteiger partial charge in [0.05, 0.1) is 5.56 Å². The Kier molecular flexibility index (Phi) is 2.95. The van der Waals surface area contributed by atoms with Crippen LogP contribution in [0, 0.1) is 18.3 Å². The summed E-state index contributed by atoms with van der Waals surface area (Å²) in [5, 5.41) is 11.8. The SMILES string of the molecule is Cc1ocnc1C(=O)Nc1nc2c(cc1C#N)CCC2. The molecule has 6 heteroatoms. The van der Waals surface area contributed by atoms with Crippen LogP contribution in [0.15, 0.2) is 16.9 Å². The Balaban J connectivity index is 1.93. The molecule has 1 amide bonds. The second-order valence-electron chi connectivity index (χ2n) is 4.67. The van der Waals surface area contributed by atoms with Crippen LogP contribution >= 0.6 is 0 Å². The minimum atomic E-state index is -0.418. The predicted molar refractivity (Wildman–Crippen MR) is 70.2 cm³/mol. The smallest absolute Gasteiger partial charge is 0.279 e. The van der Waals surface area contributed by atoms with Gasteiger partial charge in [0, 0.05) is 5.69 Å². The lowest BCUT2D eigenvalue weighted by molar-refractivity contribution is 0.102. The van der Waals surface area contributed by atoms with Crippen molar-refractivity contribution in [3.63, 3.8) is 0 Å². The van der Waals surface area contributed by atoms with Crippen LogP contribution in [-0.2, 0) is 12.8 Å². The molecular formula is C14H12N4O2. The van der Waals surface area contributed by atoms with Gasteiger partial charge in [0.2, 0.25) is 0 Å². The zero-order valence-corrected chi connectivity index (χ0v) is 10.9. The molecule has 2 aromatic rings. The van der Waals surface area contributed by atoms with Gasteiger partial charge in [-0.2, -0.15) is 5.26 Å². The van der Waals surface area contributed by atoms with E-state index in [1.165, 1.54) is 6.39 Å². The molecule has 0 radical (unpaired) electrons. The molecule has 0 saturated heterocycles. The topological polar surface area (TPSA) is 91.8 Å². The third-order valence-corrected chi connectivity index (χ3v) is 3.36. The average Bonchev–Trinajstić information content (AvgIpc) is 3.05. The van der Waals surface area contributed by atoms with Crippen molar-refractivity contribution in [2.24, 2.45) is 0 Å². The van der Waals surface area contributed by atoms with E-state index in [4.69, 9.17) is 4.42 Å². The van der Waals surface area contributed by atoms with Crippen molar-refractivity contribution in [2.75, 3.05) is 5.32 Å². The van der Waals surface area contributed by atoms with Gasteiger partial charge in [0.25, 0.3) is 5.91 Å². The number of aromatic nitrogens is 2. The van der Waals surface area contributed by atoms with E-state index in [0.29, 0.717) is 17.1 Å². The van der Waals surface area contributed by atoms with E-state index in [0.717, 1.165) is 30.5 Å². The second-order valence-corrected chi connectivity index (χ2v) is 4.67. The summed E-state index contributed by atoms with van der Waals surface area (Å²) < 4.78 is 5.00. The maximum Gasteiger partial charge on any atom is 0.279 e. The molecular weight excluding hydrogens is 256 g/mol. The highest BCUT2D eigenvalue weighted by atomic mass is 16.3. The monoisotopic (exact) mass is 268 g/mol. The number of hydrogen-bond acceptors (Lipinski definition) is 5. The first-order valence-corrected chi connectivity index (χ1v) is 6.33. The first kappa shape index (κ1) is 12.4. The molecule has 1 aliphatic carbocycles. The Labute approximate surface area is 115 Å². The van der Waals surface area contributed by atoms with Gasteiger partial charge in [-0.05, 0) is 37.8 Å². The number of hydrogen-bond donors (Lipinski definition) is 1. The highest BCUT2D eigenvalue weighted by molar-refractivity contribution is 6.03. The zero-order valence-electron chi connectivity index (χ0n) is 10.9. The van der Waals surface area contributed by atoms with Crippen molar-refractivity contribution in [3.8, 4) is 6.07 Å². The number of nitrogens with one attached hydrogen (secondary N) is 1. The maximum absolute atomic E-state index is 12.1. The molecule has 3 rings (SSSR count). The van der Waals surface area contributed by atoms with Crippen molar-refractivity contribution in [3.05, 3.63) is 40.7 Å². The molecule has 2 heterocycles. The fourth-order valence-corrected chi connectivity index (χ4v) is 2.34. The van der Waals surface area contributed by atoms with Gasteiger partial charge in [-0.1, -0.05) is 0 Å². The lowest BCUT2D eigenvalue weighted by Crippen LogP contribution is -2.16. The molecule has 20 heavy (non-hydrogen) atoms. The normalized spacial score (nSPS) is 12.8. The number of anilines is 1. The standard InChI is InChI=1S/C14H12N4O2/c1-8-12(16-7-20-8)14(19)18-13-10(6-15)5-9-3-2-4-11(9)17-13/h5,7H,2-4H2,1H3,(H,17,18,19). The van der Waals surface area contributed by atoms with Crippen molar-refractivity contribution in [1.29, 1.82) is 5.26 Å². The van der Waals surface area contributed by atoms with E-state index in [2.05, 4.69) is 21.4 Å². The van der Waals surface area contributed by atoms with Gasteiger partial charge < -0.3 is 9.73 Å². The predicted octanol–water partition coefficient (Wildman–Crippen LogP) is 1.99. The highest BCUT2D eigenvalue weighted by Crippen LogP contribution is 2.25. The Morgan fingerprint density at radius 1 is 1.50 bits per heavy atom. The summed E-state index contributed by atoms with van der Waals surface area (Å²) in [7, 11) is 0. The average molecular weight is 268 g/mol. The van der Waals surface area contributed by atoms with Gasteiger partial charge in [0.15, 0.2) is 17.9 Å². The van der Waals surface area contributed by atoms with E-state index < -0.39 is 5.91 Å². The molecule has 0 aliphatic heterocycles.